The normalized spacial score (nSPS) is 19.9. The van der Waals surface area contributed by atoms with Crippen LogP contribution in [0.3, 0.4) is 0 Å². The molecule has 2 heterocycles. The number of ether oxygens (including phenoxy) is 1. The van der Waals surface area contributed by atoms with E-state index in [-0.39, 0.29) is 0 Å². The second-order valence-corrected chi connectivity index (χ2v) is 5.47. The topological polar surface area (TPSA) is 38.2 Å². The number of nitrogens with zero attached hydrogens (tertiary/aromatic N) is 3. The maximum atomic E-state index is 5.23. The fourth-order valence-electron chi connectivity index (χ4n) is 2.45. The van der Waals surface area contributed by atoms with Crippen molar-refractivity contribution < 1.29 is 4.74 Å². The number of methoxy groups -OCH3 is 1. The van der Waals surface area contributed by atoms with Crippen molar-refractivity contribution in [2.75, 3.05) is 23.9 Å². The molecule has 0 aromatic carbocycles. The van der Waals surface area contributed by atoms with Crippen LogP contribution in [0, 0.1) is 6.92 Å². The van der Waals surface area contributed by atoms with Crippen LogP contribution in [0.25, 0.3) is 0 Å². The molecule has 1 fully saturated rings. The van der Waals surface area contributed by atoms with E-state index >= 15 is 0 Å². The first-order valence-corrected chi connectivity index (χ1v) is 7.59. The zero-order valence-corrected chi connectivity index (χ0v) is 12.6. The van der Waals surface area contributed by atoms with E-state index in [0.717, 1.165) is 29.9 Å². The fourth-order valence-corrected chi connectivity index (χ4v) is 2.98. The summed E-state index contributed by atoms with van der Waals surface area (Å²) in [5, 5.41) is 1.02. The second kappa shape index (κ2) is 6.36. The third-order valence-corrected chi connectivity index (χ3v) is 3.81. The van der Waals surface area contributed by atoms with Crippen LogP contribution in [0.15, 0.2) is 6.07 Å². The molecule has 5 heteroatoms. The van der Waals surface area contributed by atoms with Gasteiger partial charge in [-0.05, 0) is 32.6 Å². The summed E-state index contributed by atoms with van der Waals surface area (Å²) >= 11 is 3.54. The monoisotopic (exact) mass is 313 g/mol. The van der Waals surface area contributed by atoms with Gasteiger partial charge in [-0.25, -0.2) is 4.98 Å². The van der Waals surface area contributed by atoms with Crippen molar-refractivity contribution in [3.8, 4) is 5.88 Å². The second-order valence-electron chi connectivity index (χ2n) is 4.67. The predicted octanol–water partition coefficient (Wildman–Crippen LogP) is 2.94. The molecule has 0 bridgehead atoms. The maximum absolute atomic E-state index is 5.23. The van der Waals surface area contributed by atoms with Crippen molar-refractivity contribution in [3.05, 3.63) is 11.8 Å². The zero-order valence-electron chi connectivity index (χ0n) is 11.0. The first-order valence-electron chi connectivity index (χ1n) is 6.47. The molecule has 1 unspecified atom stereocenters. The van der Waals surface area contributed by atoms with Gasteiger partial charge in [-0.1, -0.05) is 15.9 Å². The minimum absolute atomic E-state index is 0.546. The molecular weight excluding hydrogens is 294 g/mol. The SMILES string of the molecule is COc1cc(C)nc(N2CCCCC2CCBr)n1. The smallest absolute Gasteiger partial charge is 0.229 e. The molecule has 18 heavy (non-hydrogen) atoms. The van der Waals surface area contributed by atoms with Crippen LogP contribution in [0.4, 0.5) is 5.95 Å². The van der Waals surface area contributed by atoms with Gasteiger partial charge in [0, 0.05) is 29.7 Å². The molecule has 1 atom stereocenters. The van der Waals surface area contributed by atoms with Gasteiger partial charge in [0.05, 0.1) is 7.11 Å². The Bertz CT molecular complexity index is 398. The molecule has 1 aliphatic rings. The molecule has 0 saturated carbocycles. The van der Waals surface area contributed by atoms with Gasteiger partial charge in [-0.2, -0.15) is 4.98 Å². The van der Waals surface area contributed by atoms with E-state index in [2.05, 4.69) is 30.8 Å². The molecule has 0 spiro atoms. The maximum Gasteiger partial charge on any atom is 0.229 e. The highest BCUT2D eigenvalue weighted by atomic mass is 79.9. The Morgan fingerprint density at radius 3 is 3.00 bits per heavy atom. The number of piperidine rings is 1. The van der Waals surface area contributed by atoms with Crippen molar-refractivity contribution >= 4 is 21.9 Å². The third-order valence-electron chi connectivity index (χ3n) is 3.35. The van der Waals surface area contributed by atoms with Crippen molar-refractivity contribution in [3.63, 3.8) is 0 Å². The van der Waals surface area contributed by atoms with Crippen LogP contribution >= 0.6 is 15.9 Å². The molecule has 1 aromatic rings. The summed E-state index contributed by atoms with van der Waals surface area (Å²) in [5.74, 6) is 1.47. The van der Waals surface area contributed by atoms with E-state index in [9.17, 15) is 0 Å². The van der Waals surface area contributed by atoms with Gasteiger partial charge >= 0.3 is 0 Å². The first kappa shape index (κ1) is 13.6. The van der Waals surface area contributed by atoms with E-state index in [1.54, 1.807) is 7.11 Å². The summed E-state index contributed by atoms with van der Waals surface area (Å²) in [6.45, 7) is 3.03. The summed E-state index contributed by atoms with van der Waals surface area (Å²) < 4.78 is 5.23. The van der Waals surface area contributed by atoms with Crippen LogP contribution in [0.2, 0.25) is 0 Å². The number of hydrogen-bond acceptors (Lipinski definition) is 4. The highest BCUT2D eigenvalue weighted by Gasteiger charge is 2.24. The standard InChI is InChI=1S/C13H20BrN3O/c1-10-9-12(18-2)16-13(15-10)17-8-4-3-5-11(17)6-7-14/h9,11H,3-8H2,1-2H3. The molecule has 1 aliphatic heterocycles. The molecule has 0 radical (unpaired) electrons. The molecule has 1 saturated heterocycles. The van der Waals surface area contributed by atoms with Gasteiger partial charge in [0.25, 0.3) is 0 Å². The van der Waals surface area contributed by atoms with Crippen molar-refractivity contribution in [2.45, 2.75) is 38.6 Å². The summed E-state index contributed by atoms with van der Waals surface area (Å²) in [6, 6.07) is 2.41. The molecule has 0 amide bonds. The van der Waals surface area contributed by atoms with Crippen LogP contribution in [-0.4, -0.2) is 35.0 Å². The summed E-state index contributed by atoms with van der Waals surface area (Å²) in [5.41, 5.74) is 0.958. The largest absolute Gasteiger partial charge is 0.481 e. The number of halogens is 1. The Kier molecular flexibility index (Phi) is 4.80. The Morgan fingerprint density at radius 1 is 1.44 bits per heavy atom. The molecule has 1 aromatic heterocycles. The van der Waals surface area contributed by atoms with Crippen molar-refractivity contribution in [1.29, 1.82) is 0 Å². The Balaban J connectivity index is 2.24. The first-order chi connectivity index (χ1) is 8.74. The lowest BCUT2D eigenvalue weighted by Gasteiger charge is -2.35. The molecule has 100 valence electrons. The summed E-state index contributed by atoms with van der Waals surface area (Å²) in [4.78, 5) is 11.4. The van der Waals surface area contributed by atoms with Crippen LogP contribution < -0.4 is 9.64 Å². The third kappa shape index (κ3) is 3.13. The zero-order chi connectivity index (χ0) is 13.0. The van der Waals surface area contributed by atoms with Gasteiger partial charge in [-0.3, -0.25) is 0 Å². The Labute approximate surface area is 117 Å². The minimum Gasteiger partial charge on any atom is -0.481 e. The molecule has 4 nitrogen and oxygen atoms in total. The van der Waals surface area contributed by atoms with Crippen LogP contribution in [-0.2, 0) is 0 Å². The summed E-state index contributed by atoms with van der Waals surface area (Å²) in [7, 11) is 1.65. The number of hydrogen-bond donors (Lipinski definition) is 0. The van der Waals surface area contributed by atoms with E-state index in [4.69, 9.17) is 4.74 Å². The molecule has 0 N–H and O–H groups in total. The van der Waals surface area contributed by atoms with Gasteiger partial charge in [0.2, 0.25) is 11.8 Å². The lowest BCUT2D eigenvalue weighted by atomic mass is 10.0. The molecule has 0 aliphatic carbocycles. The van der Waals surface area contributed by atoms with E-state index < -0.39 is 0 Å². The number of rotatable bonds is 4. The van der Waals surface area contributed by atoms with Gasteiger partial charge in [-0.15, -0.1) is 0 Å². The number of aryl methyl sites for hydroxylation is 1. The van der Waals surface area contributed by atoms with Gasteiger partial charge in [0.1, 0.15) is 0 Å². The minimum atomic E-state index is 0.546. The van der Waals surface area contributed by atoms with Crippen molar-refractivity contribution in [2.24, 2.45) is 0 Å². The Hall–Kier alpha value is -0.840. The highest BCUT2D eigenvalue weighted by molar-refractivity contribution is 9.09. The quantitative estimate of drug-likeness (QED) is 0.801. The van der Waals surface area contributed by atoms with Crippen LogP contribution in [0.1, 0.15) is 31.4 Å². The van der Waals surface area contributed by atoms with Gasteiger partial charge < -0.3 is 9.64 Å². The average Bonchev–Trinajstić information content (AvgIpc) is 2.39. The lowest BCUT2D eigenvalue weighted by Crippen LogP contribution is -2.41. The van der Waals surface area contributed by atoms with Crippen LogP contribution in [0.5, 0.6) is 5.88 Å². The summed E-state index contributed by atoms with van der Waals surface area (Å²) in [6.07, 6.45) is 4.89. The fraction of sp³-hybridized carbons (Fsp3) is 0.692. The highest BCUT2D eigenvalue weighted by Crippen LogP contribution is 2.25. The lowest BCUT2D eigenvalue weighted by molar-refractivity contribution is 0.392. The predicted molar refractivity (Wildman–Crippen MR) is 76.7 cm³/mol. The van der Waals surface area contributed by atoms with E-state index in [1.165, 1.54) is 19.3 Å². The Morgan fingerprint density at radius 2 is 2.28 bits per heavy atom. The molecule has 2 rings (SSSR count). The number of aromatic nitrogens is 2. The average molecular weight is 314 g/mol. The van der Waals surface area contributed by atoms with E-state index in [1.807, 2.05) is 13.0 Å². The number of alkyl halides is 1. The number of anilines is 1. The molecular formula is C13H20BrN3O. The van der Waals surface area contributed by atoms with Gasteiger partial charge in [0.15, 0.2) is 0 Å². The van der Waals surface area contributed by atoms with E-state index in [0.29, 0.717) is 11.9 Å². The van der Waals surface area contributed by atoms with Crippen molar-refractivity contribution in [1.82, 2.24) is 9.97 Å².